The number of hydrogen-bond acceptors (Lipinski definition) is 4. The second-order valence-corrected chi connectivity index (χ2v) is 6.27. The predicted octanol–water partition coefficient (Wildman–Crippen LogP) is 5.79. The van der Waals surface area contributed by atoms with Crippen molar-refractivity contribution in [1.29, 1.82) is 0 Å². The van der Waals surface area contributed by atoms with Crippen LogP contribution in [0.25, 0.3) is 11.3 Å². The summed E-state index contributed by atoms with van der Waals surface area (Å²) in [6.07, 6.45) is -1.61. The Hall–Kier alpha value is -2.28. The molecule has 0 radical (unpaired) electrons. The highest BCUT2D eigenvalue weighted by atomic mass is 35.5. The van der Waals surface area contributed by atoms with E-state index in [1.54, 1.807) is 12.1 Å². The monoisotopic (exact) mass is 384 g/mol. The molecule has 0 saturated carbocycles. The number of benzene rings is 1. The van der Waals surface area contributed by atoms with E-state index in [0.717, 1.165) is 12.0 Å². The van der Waals surface area contributed by atoms with Crippen LogP contribution >= 0.6 is 11.6 Å². The second kappa shape index (κ2) is 7.95. The van der Waals surface area contributed by atoms with Crippen molar-refractivity contribution in [3.63, 3.8) is 0 Å². The minimum atomic E-state index is -4.48. The molecule has 26 heavy (non-hydrogen) atoms. The molecule has 0 atom stereocenters. The van der Waals surface area contributed by atoms with Crippen molar-refractivity contribution in [1.82, 2.24) is 9.97 Å². The third-order valence-corrected chi connectivity index (χ3v) is 4.01. The molecule has 0 spiro atoms. The fraction of sp³-hybridized carbons (Fsp3) is 0.333. The van der Waals surface area contributed by atoms with E-state index in [9.17, 15) is 13.2 Å². The summed E-state index contributed by atoms with van der Waals surface area (Å²) in [7, 11) is 1.87. The molecule has 1 heterocycles. The van der Waals surface area contributed by atoms with E-state index in [2.05, 4.69) is 16.9 Å². The molecular weight excluding hydrogens is 365 g/mol. The van der Waals surface area contributed by atoms with E-state index in [-0.39, 0.29) is 11.0 Å². The molecule has 2 rings (SSSR count). The van der Waals surface area contributed by atoms with E-state index < -0.39 is 6.30 Å². The maximum atomic E-state index is 12.4. The summed E-state index contributed by atoms with van der Waals surface area (Å²) in [6.45, 7) is 5.93. The van der Waals surface area contributed by atoms with Crippen molar-refractivity contribution >= 4 is 23.1 Å². The van der Waals surface area contributed by atoms with Gasteiger partial charge in [0, 0.05) is 30.1 Å². The van der Waals surface area contributed by atoms with Crippen molar-refractivity contribution in [2.75, 3.05) is 17.3 Å². The van der Waals surface area contributed by atoms with Crippen LogP contribution in [0.15, 0.2) is 36.0 Å². The first kappa shape index (κ1) is 20.0. The zero-order valence-electron chi connectivity index (χ0n) is 14.9. The van der Waals surface area contributed by atoms with Crippen molar-refractivity contribution in [2.45, 2.75) is 33.5 Å². The van der Waals surface area contributed by atoms with Crippen LogP contribution in [-0.2, 0) is 0 Å². The summed E-state index contributed by atoms with van der Waals surface area (Å²) < 4.78 is 37.2. The quantitative estimate of drug-likeness (QED) is 0.523. The molecule has 0 unspecified atom stereocenters. The largest absolute Gasteiger partial charge is 0.482 e. The topological polar surface area (TPSA) is 41.1 Å². The molecule has 0 aliphatic rings. The average Bonchev–Trinajstić information content (AvgIpc) is 2.55. The predicted molar refractivity (Wildman–Crippen MR) is 99.3 cm³/mol. The maximum Gasteiger partial charge on any atom is 0.482 e. The minimum absolute atomic E-state index is 0.0436. The fourth-order valence-electron chi connectivity index (χ4n) is 2.46. The molecule has 0 saturated heterocycles. The van der Waals surface area contributed by atoms with E-state index in [1.807, 2.05) is 32.0 Å². The number of anilines is 2. The van der Waals surface area contributed by atoms with Crippen molar-refractivity contribution in [2.24, 2.45) is 0 Å². The number of alkyl halides is 3. The lowest BCUT2D eigenvalue weighted by Gasteiger charge is -2.19. The molecule has 0 aliphatic carbocycles. The van der Waals surface area contributed by atoms with Crippen molar-refractivity contribution in [3.8, 4) is 11.3 Å². The van der Waals surface area contributed by atoms with Crippen LogP contribution in [-0.4, -0.2) is 23.3 Å². The molecule has 2 aromatic rings. The molecule has 0 amide bonds. The molecular formula is C18H20ClF3N4. The number of aromatic nitrogens is 2. The van der Waals surface area contributed by atoms with Crippen LogP contribution in [0.5, 0.6) is 0 Å². The second-order valence-electron chi connectivity index (χ2n) is 5.93. The highest BCUT2D eigenvalue weighted by Gasteiger charge is 2.26. The van der Waals surface area contributed by atoms with Crippen LogP contribution in [0.1, 0.15) is 25.8 Å². The molecule has 8 heteroatoms. The third kappa shape index (κ3) is 5.11. The Bertz CT molecular complexity index is 801. The number of allylic oxidation sites excluding steroid dienone is 1. The molecule has 140 valence electrons. The summed E-state index contributed by atoms with van der Waals surface area (Å²) in [5, 5.41) is 1.55. The van der Waals surface area contributed by atoms with Gasteiger partial charge in [-0.25, -0.2) is 4.98 Å². The van der Waals surface area contributed by atoms with Crippen LogP contribution in [0.3, 0.4) is 0 Å². The molecule has 1 aromatic heterocycles. The van der Waals surface area contributed by atoms with Gasteiger partial charge in [0.2, 0.25) is 5.28 Å². The van der Waals surface area contributed by atoms with E-state index in [4.69, 9.17) is 11.6 Å². The summed E-state index contributed by atoms with van der Waals surface area (Å²) >= 11 is 6.07. The van der Waals surface area contributed by atoms with Gasteiger partial charge in [0.25, 0.3) is 0 Å². The molecule has 1 aromatic carbocycles. The van der Waals surface area contributed by atoms with Gasteiger partial charge in [-0.1, -0.05) is 24.6 Å². The molecule has 0 aliphatic heterocycles. The van der Waals surface area contributed by atoms with Gasteiger partial charge in [-0.3, -0.25) is 5.32 Å². The van der Waals surface area contributed by atoms with Gasteiger partial charge in [-0.2, -0.15) is 18.2 Å². The van der Waals surface area contributed by atoms with Crippen molar-refractivity contribution in [3.05, 3.63) is 46.9 Å². The van der Waals surface area contributed by atoms with Gasteiger partial charge < -0.3 is 4.90 Å². The molecule has 1 N–H and O–H groups in total. The average molecular weight is 385 g/mol. The summed E-state index contributed by atoms with van der Waals surface area (Å²) in [5.41, 5.74) is 3.15. The highest BCUT2D eigenvalue weighted by Crippen LogP contribution is 2.30. The number of rotatable bonds is 5. The van der Waals surface area contributed by atoms with Crippen LogP contribution in [0.2, 0.25) is 5.28 Å². The lowest BCUT2D eigenvalue weighted by atomic mass is 10.1. The van der Waals surface area contributed by atoms with Crippen molar-refractivity contribution < 1.29 is 13.2 Å². The van der Waals surface area contributed by atoms with Gasteiger partial charge in [0.15, 0.2) is 0 Å². The van der Waals surface area contributed by atoms with Crippen LogP contribution in [0.4, 0.5) is 24.7 Å². The van der Waals surface area contributed by atoms with E-state index >= 15 is 0 Å². The lowest BCUT2D eigenvalue weighted by molar-refractivity contribution is -0.0999. The van der Waals surface area contributed by atoms with Crippen LogP contribution in [0, 0.1) is 6.92 Å². The SMILES string of the molecule is CC/C(C)=C/N(C)c1nc(Cl)nc(-c2ccc(NC(F)(F)F)cc2)c1C. The first-order valence-electron chi connectivity index (χ1n) is 8.00. The Labute approximate surface area is 155 Å². The number of halogens is 4. The fourth-order valence-corrected chi connectivity index (χ4v) is 2.63. The first-order valence-corrected chi connectivity index (χ1v) is 8.38. The van der Waals surface area contributed by atoms with E-state index in [1.165, 1.54) is 23.0 Å². The van der Waals surface area contributed by atoms with Crippen LogP contribution < -0.4 is 10.2 Å². The minimum Gasteiger partial charge on any atom is -0.336 e. The number of hydrogen-bond donors (Lipinski definition) is 1. The third-order valence-electron chi connectivity index (χ3n) is 3.84. The van der Waals surface area contributed by atoms with Gasteiger partial charge >= 0.3 is 6.30 Å². The standard InChI is InChI=1S/C18H20ClF3N4/c1-5-11(2)10-26(4)16-12(3)15(23-17(19)24-16)13-6-8-14(9-7-13)25-18(20,21)22/h6-10,25H,5H2,1-4H3/b11-10+. The summed E-state index contributed by atoms with van der Waals surface area (Å²) in [6, 6.07) is 5.83. The zero-order valence-corrected chi connectivity index (χ0v) is 15.7. The number of nitrogens with zero attached hydrogens (tertiary/aromatic N) is 3. The Morgan fingerprint density at radius 2 is 1.85 bits per heavy atom. The first-order chi connectivity index (χ1) is 12.1. The highest BCUT2D eigenvalue weighted by molar-refractivity contribution is 6.28. The Balaban J connectivity index is 2.41. The molecule has 0 bridgehead atoms. The summed E-state index contributed by atoms with van der Waals surface area (Å²) in [4.78, 5) is 10.4. The zero-order chi connectivity index (χ0) is 19.5. The lowest BCUT2D eigenvalue weighted by Crippen LogP contribution is -2.20. The normalized spacial score (nSPS) is 12.2. The summed E-state index contributed by atoms with van der Waals surface area (Å²) in [5.74, 6) is 0.644. The number of nitrogens with one attached hydrogen (secondary N) is 1. The Morgan fingerprint density at radius 3 is 2.38 bits per heavy atom. The Kier molecular flexibility index (Phi) is 6.13. The molecule has 0 fully saturated rings. The van der Waals surface area contributed by atoms with Gasteiger partial charge in [-0.05, 0) is 44.0 Å². The maximum absolute atomic E-state index is 12.4. The van der Waals surface area contributed by atoms with E-state index in [0.29, 0.717) is 17.1 Å². The smallest absolute Gasteiger partial charge is 0.336 e. The van der Waals surface area contributed by atoms with Gasteiger partial charge in [0.1, 0.15) is 5.82 Å². The molecule has 4 nitrogen and oxygen atoms in total. The van der Waals surface area contributed by atoms with Gasteiger partial charge in [-0.15, -0.1) is 0 Å². The Morgan fingerprint density at radius 1 is 1.23 bits per heavy atom. The van der Waals surface area contributed by atoms with Gasteiger partial charge in [0.05, 0.1) is 5.69 Å².